The lowest BCUT2D eigenvalue weighted by atomic mass is 10.2. The average molecular weight is 249 g/mol. The minimum atomic E-state index is -5.03. The molecule has 0 aliphatic rings. The molecule has 0 heterocycles. The molecule has 0 radical (unpaired) electrons. The maximum atomic E-state index is 12.5. The fourth-order valence-electron chi connectivity index (χ4n) is 0.984. The number of ketones is 1. The number of amides is 1. The SMILES string of the molecule is O=C(CC(=O)C(F)(F)F)Nc1ccc(F)cc1. The molecule has 0 aliphatic heterocycles. The minimum Gasteiger partial charge on any atom is -0.326 e. The number of hydrogen-bond donors (Lipinski definition) is 1. The highest BCUT2D eigenvalue weighted by molar-refractivity contribution is 6.06. The van der Waals surface area contributed by atoms with E-state index in [-0.39, 0.29) is 5.69 Å². The number of nitrogens with one attached hydrogen (secondary N) is 1. The first-order valence-corrected chi connectivity index (χ1v) is 4.44. The van der Waals surface area contributed by atoms with Crippen LogP contribution in [0.15, 0.2) is 24.3 Å². The van der Waals surface area contributed by atoms with Crippen LogP contribution in [0.5, 0.6) is 0 Å². The Morgan fingerprint density at radius 3 is 2.12 bits per heavy atom. The van der Waals surface area contributed by atoms with Crippen molar-refractivity contribution in [1.29, 1.82) is 0 Å². The molecule has 0 saturated carbocycles. The summed E-state index contributed by atoms with van der Waals surface area (Å²) in [7, 11) is 0. The quantitative estimate of drug-likeness (QED) is 0.659. The molecule has 92 valence electrons. The summed E-state index contributed by atoms with van der Waals surface area (Å²) < 4.78 is 47.9. The van der Waals surface area contributed by atoms with E-state index in [1.165, 1.54) is 12.1 Å². The first-order valence-electron chi connectivity index (χ1n) is 4.44. The topological polar surface area (TPSA) is 46.2 Å². The van der Waals surface area contributed by atoms with Gasteiger partial charge in [0.15, 0.2) is 0 Å². The predicted octanol–water partition coefficient (Wildman–Crippen LogP) is 2.29. The number of Topliss-reactive ketones (excluding diaryl/α,β-unsaturated/α-hetero) is 1. The number of rotatable bonds is 3. The van der Waals surface area contributed by atoms with Crippen LogP contribution in [0, 0.1) is 5.82 Å². The molecule has 0 atom stereocenters. The van der Waals surface area contributed by atoms with Gasteiger partial charge in [0, 0.05) is 5.69 Å². The second-order valence-corrected chi connectivity index (χ2v) is 3.15. The van der Waals surface area contributed by atoms with Crippen LogP contribution in [0.1, 0.15) is 6.42 Å². The van der Waals surface area contributed by atoms with Crippen molar-refractivity contribution in [3.05, 3.63) is 30.1 Å². The Kier molecular flexibility index (Phi) is 3.82. The molecule has 0 fully saturated rings. The lowest BCUT2D eigenvalue weighted by Crippen LogP contribution is -2.27. The Labute approximate surface area is 93.4 Å². The lowest BCUT2D eigenvalue weighted by Gasteiger charge is -2.06. The number of alkyl halides is 3. The monoisotopic (exact) mass is 249 g/mol. The molecular formula is C10H7F4NO2. The normalized spacial score (nSPS) is 11.1. The highest BCUT2D eigenvalue weighted by Crippen LogP contribution is 2.18. The van der Waals surface area contributed by atoms with Crippen LogP contribution in [0.4, 0.5) is 23.2 Å². The van der Waals surface area contributed by atoms with Crippen molar-refractivity contribution in [2.75, 3.05) is 5.32 Å². The molecule has 0 spiro atoms. The van der Waals surface area contributed by atoms with Gasteiger partial charge in [0.2, 0.25) is 11.7 Å². The van der Waals surface area contributed by atoms with Gasteiger partial charge in [-0.2, -0.15) is 13.2 Å². The fourth-order valence-corrected chi connectivity index (χ4v) is 0.984. The van der Waals surface area contributed by atoms with Gasteiger partial charge >= 0.3 is 6.18 Å². The van der Waals surface area contributed by atoms with Crippen LogP contribution in [-0.4, -0.2) is 17.9 Å². The van der Waals surface area contributed by atoms with E-state index < -0.39 is 30.1 Å². The van der Waals surface area contributed by atoms with Gasteiger partial charge in [-0.1, -0.05) is 0 Å². The van der Waals surface area contributed by atoms with E-state index in [1.807, 2.05) is 5.32 Å². The molecule has 3 nitrogen and oxygen atoms in total. The molecule has 17 heavy (non-hydrogen) atoms. The molecule has 1 aromatic carbocycles. The summed E-state index contributed by atoms with van der Waals surface area (Å²) in [6, 6.07) is 4.40. The van der Waals surface area contributed by atoms with E-state index in [0.29, 0.717) is 0 Å². The molecular weight excluding hydrogens is 242 g/mol. The summed E-state index contributed by atoms with van der Waals surface area (Å²) in [4.78, 5) is 21.5. The van der Waals surface area contributed by atoms with E-state index in [9.17, 15) is 27.2 Å². The largest absolute Gasteiger partial charge is 0.450 e. The van der Waals surface area contributed by atoms with Crippen LogP contribution in [0.25, 0.3) is 0 Å². The Hall–Kier alpha value is -1.92. The van der Waals surface area contributed by atoms with Crippen molar-refractivity contribution in [2.45, 2.75) is 12.6 Å². The smallest absolute Gasteiger partial charge is 0.326 e. The van der Waals surface area contributed by atoms with Crippen molar-refractivity contribution in [1.82, 2.24) is 0 Å². The summed E-state index contributed by atoms with van der Waals surface area (Å²) in [5.74, 6) is -3.77. The number of hydrogen-bond acceptors (Lipinski definition) is 2. The van der Waals surface area contributed by atoms with Crippen molar-refractivity contribution >= 4 is 17.4 Å². The summed E-state index contributed by atoms with van der Waals surface area (Å²) in [5, 5.41) is 2.05. The molecule has 1 amide bonds. The van der Waals surface area contributed by atoms with E-state index in [2.05, 4.69) is 0 Å². The summed E-state index contributed by atoms with van der Waals surface area (Å²) in [6.45, 7) is 0. The number of carbonyl (C=O) groups is 2. The van der Waals surface area contributed by atoms with Gasteiger partial charge < -0.3 is 5.32 Å². The van der Waals surface area contributed by atoms with Crippen LogP contribution >= 0.6 is 0 Å². The first-order chi connectivity index (χ1) is 7.79. The van der Waals surface area contributed by atoms with Crippen LogP contribution in [0.2, 0.25) is 0 Å². The third-order valence-corrected chi connectivity index (χ3v) is 1.77. The number of benzene rings is 1. The Morgan fingerprint density at radius 2 is 1.65 bits per heavy atom. The molecule has 1 rings (SSSR count). The molecule has 1 N–H and O–H groups in total. The maximum absolute atomic E-state index is 12.5. The number of carbonyl (C=O) groups excluding carboxylic acids is 2. The summed E-state index contributed by atoms with van der Waals surface area (Å²) in [6.07, 6.45) is -6.32. The van der Waals surface area contributed by atoms with Crippen molar-refractivity contribution in [2.24, 2.45) is 0 Å². The van der Waals surface area contributed by atoms with Gasteiger partial charge in [0.05, 0.1) is 6.42 Å². The van der Waals surface area contributed by atoms with Gasteiger partial charge in [-0.3, -0.25) is 9.59 Å². The highest BCUT2D eigenvalue weighted by atomic mass is 19.4. The predicted molar refractivity (Wildman–Crippen MR) is 50.7 cm³/mol. The van der Waals surface area contributed by atoms with E-state index >= 15 is 0 Å². The fraction of sp³-hybridized carbons (Fsp3) is 0.200. The van der Waals surface area contributed by atoms with Gasteiger partial charge in [0.1, 0.15) is 5.82 Å². The minimum absolute atomic E-state index is 0.117. The molecule has 0 bridgehead atoms. The standard InChI is InChI=1S/C10H7F4NO2/c11-6-1-3-7(4-2-6)15-9(17)5-8(16)10(12,13)14/h1-4H,5H2,(H,15,17). The second kappa shape index (κ2) is 4.94. The van der Waals surface area contributed by atoms with Crippen LogP contribution in [0.3, 0.4) is 0 Å². The van der Waals surface area contributed by atoms with E-state index in [0.717, 1.165) is 12.1 Å². The summed E-state index contributed by atoms with van der Waals surface area (Å²) >= 11 is 0. The van der Waals surface area contributed by atoms with Gasteiger partial charge in [0.25, 0.3) is 0 Å². The van der Waals surface area contributed by atoms with Gasteiger partial charge in [-0.25, -0.2) is 4.39 Å². The van der Waals surface area contributed by atoms with Crippen LogP contribution in [-0.2, 0) is 9.59 Å². The Balaban J connectivity index is 2.56. The molecule has 0 aromatic heterocycles. The van der Waals surface area contributed by atoms with Crippen molar-refractivity contribution in [3.63, 3.8) is 0 Å². The molecule has 0 aliphatic carbocycles. The third kappa shape index (κ3) is 4.21. The zero-order valence-electron chi connectivity index (χ0n) is 8.34. The number of halogens is 4. The Morgan fingerprint density at radius 1 is 1.12 bits per heavy atom. The van der Waals surface area contributed by atoms with Gasteiger partial charge in [-0.15, -0.1) is 0 Å². The summed E-state index contributed by atoms with van der Waals surface area (Å²) in [5.41, 5.74) is 0.117. The first kappa shape index (κ1) is 13.1. The van der Waals surface area contributed by atoms with Crippen molar-refractivity contribution in [3.8, 4) is 0 Å². The van der Waals surface area contributed by atoms with Gasteiger partial charge in [-0.05, 0) is 24.3 Å². The Bertz CT molecular complexity index is 425. The zero-order chi connectivity index (χ0) is 13.1. The number of anilines is 1. The maximum Gasteiger partial charge on any atom is 0.450 e. The molecule has 0 unspecified atom stereocenters. The third-order valence-electron chi connectivity index (χ3n) is 1.77. The molecule has 7 heteroatoms. The van der Waals surface area contributed by atoms with E-state index in [1.54, 1.807) is 0 Å². The molecule has 1 aromatic rings. The molecule has 0 saturated heterocycles. The van der Waals surface area contributed by atoms with Crippen LogP contribution < -0.4 is 5.32 Å². The van der Waals surface area contributed by atoms with Crippen molar-refractivity contribution < 1.29 is 27.2 Å². The second-order valence-electron chi connectivity index (χ2n) is 3.15. The average Bonchev–Trinajstić information content (AvgIpc) is 2.20. The zero-order valence-corrected chi connectivity index (χ0v) is 8.34. The highest BCUT2D eigenvalue weighted by Gasteiger charge is 2.39. The lowest BCUT2D eigenvalue weighted by molar-refractivity contribution is -0.171. The van der Waals surface area contributed by atoms with E-state index in [4.69, 9.17) is 0 Å².